The second-order valence-electron chi connectivity index (χ2n) is 5.28. The molecule has 0 aliphatic rings. The molecule has 0 spiro atoms. The molecule has 1 aromatic heterocycles. The summed E-state index contributed by atoms with van der Waals surface area (Å²) in [6.07, 6.45) is 0.772. The summed E-state index contributed by atoms with van der Waals surface area (Å²) in [6, 6.07) is 20.0. The summed E-state index contributed by atoms with van der Waals surface area (Å²) in [5.74, 6) is 0.388. The standard InChI is InChI=1S/C19H18N2O2S/c1-15-19(24-17-10-6-3-7-11-17)21(18(12-22)20-15)14-23-13-16-8-4-2-5-9-16/h2-12H,13-14H2,1H3. The third-order valence-electron chi connectivity index (χ3n) is 3.51. The molecule has 0 unspecified atom stereocenters. The van der Waals surface area contributed by atoms with E-state index in [1.807, 2.05) is 72.2 Å². The van der Waals surface area contributed by atoms with Crippen LogP contribution in [0.15, 0.2) is 70.6 Å². The maximum atomic E-state index is 11.3. The number of nitrogens with zero attached hydrogens (tertiary/aromatic N) is 2. The quantitative estimate of drug-likeness (QED) is 0.602. The molecule has 1 heterocycles. The van der Waals surface area contributed by atoms with E-state index in [9.17, 15) is 4.79 Å². The number of carbonyl (C=O) groups is 1. The van der Waals surface area contributed by atoms with E-state index in [0.717, 1.165) is 27.5 Å². The lowest BCUT2D eigenvalue weighted by Gasteiger charge is -2.11. The van der Waals surface area contributed by atoms with Crippen molar-refractivity contribution in [1.29, 1.82) is 0 Å². The molecule has 0 aliphatic carbocycles. The first-order valence-electron chi connectivity index (χ1n) is 7.65. The number of aryl methyl sites for hydroxylation is 1. The van der Waals surface area contributed by atoms with Crippen molar-refractivity contribution in [2.24, 2.45) is 0 Å². The van der Waals surface area contributed by atoms with Gasteiger partial charge in [-0.3, -0.25) is 9.36 Å². The Morgan fingerprint density at radius 3 is 2.42 bits per heavy atom. The SMILES string of the molecule is Cc1nc(C=O)n(COCc2ccccc2)c1Sc1ccccc1. The first kappa shape index (κ1) is 16.5. The molecule has 3 rings (SSSR count). The Hall–Kier alpha value is -2.37. The van der Waals surface area contributed by atoms with Crippen LogP contribution in [0.3, 0.4) is 0 Å². The van der Waals surface area contributed by atoms with E-state index in [4.69, 9.17) is 4.74 Å². The van der Waals surface area contributed by atoms with E-state index < -0.39 is 0 Å². The smallest absolute Gasteiger partial charge is 0.185 e. The minimum absolute atomic E-state index is 0.291. The molecule has 122 valence electrons. The average Bonchev–Trinajstić information content (AvgIpc) is 2.92. The molecule has 4 nitrogen and oxygen atoms in total. The van der Waals surface area contributed by atoms with Crippen molar-refractivity contribution in [3.63, 3.8) is 0 Å². The molecule has 2 aromatic carbocycles. The summed E-state index contributed by atoms with van der Waals surface area (Å²) >= 11 is 1.58. The first-order chi connectivity index (χ1) is 11.8. The molecular weight excluding hydrogens is 320 g/mol. The molecule has 0 saturated heterocycles. The van der Waals surface area contributed by atoms with Crippen molar-refractivity contribution in [3.05, 3.63) is 77.7 Å². The second-order valence-corrected chi connectivity index (χ2v) is 6.35. The Kier molecular flexibility index (Phi) is 5.46. The van der Waals surface area contributed by atoms with Crippen molar-refractivity contribution in [3.8, 4) is 0 Å². The molecular formula is C19H18N2O2S. The van der Waals surface area contributed by atoms with Crippen LogP contribution in [0.1, 0.15) is 21.9 Å². The lowest BCUT2D eigenvalue weighted by atomic mass is 10.2. The van der Waals surface area contributed by atoms with Gasteiger partial charge >= 0.3 is 0 Å². The van der Waals surface area contributed by atoms with Crippen molar-refractivity contribution in [2.45, 2.75) is 30.2 Å². The largest absolute Gasteiger partial charge is 0.356 e. The van der Waals surface area contributed by atoms with Crippen molar-refractivity contribution in [2.75, 3.05) is 0 Å². The number of rotatable bonds is 7. The molecule has 0 atom stereocenters. The summed E-state index contributed by atoms with van der Waals surface area (Å²) in [5.41, 5.74) is 1.92. The number of hydrogen-bond acceptors (Lipinski definition) is 4. The molecule has 0 radical (unpaired) electrons. The van der Waals surface area contributed by atoms with Crippen LogP contribution in [0.25, 0.3) is 0 Å². The van der Waals surface area contributed by atoms with Crippen molar-refractivity contribution >= 4 is 18.0 Å². The number of imidazole rings is 1. The zero-order valence-electron chi connectivity index (χ0n) is 13.4. The van der Waals surface area contributed by atoms with Gasteiger partial charge in [-0.15, -0.1) is 0 Å². The summed E-state index contributed by atoms with van der Waals surface area (Å²) in [4.78, 5) is 16.8. The van der Waals surface area contributed by atoms with Gasteiger partial charge in [0.05, 0.1) is 12.3 Å². The number of benzene rings is 2. The monoisotopic (exact) mass is 338 g/mol. The lowest BCUT2D eigenvalue weighted by molar-refractivity contribution is 0.0570. The highest BCUT2D eigenvalue weighted by Gasteiger charge is 2.15. The van der Waals surface area contributed by atoms with Crippen LogP contribution in [-0.2, 0) is 18.1 Å². The van der Waals surface area contributed by atoms with Crippen LogP contribution in [0.5, 0.6) is 0 Å². The van der Waals surface area contributed by atoms with Gasteiger partial charge in [-0.1, -0.05) is 60.3 Å². The molecule has 0 amide bonds. The lowest BCUT2D eigenvalue weighted by Crippen LogP contribution is -2.08. The number of carbonyl (C=O) groups excluding carboxylic acids is 1. The zero-order valence-corrected chi connectivity index (χ0v) is 14.2. The fourth-order valence-corrected chi connectivity index (χ4v) is 3.32. The fraction of sp³-hybridized carbons (Fsp3) is 0.158. The minimum Gasteiger partial charge on any atom is -0.356 e. The van der Waals surface area contributed by atoms with Gasteiger partial charge < -0.3 is 4.74 Å². The van der Waals surface area contributed by atoms with Gasteiger partial charge in [0.2, 0.25) is 0 Å². The van der Waals surface area contributed by atoms with Gasteiger partial charge in [0.1, 0.15) is 11.8 Å². The van der Waals surface area contributed by atoms with Crippen LogP contribution in [0.4, 0.5) is 0 Å². The number of ether oxygens (including phenoxy) is 1. The highest BCUT2D eigenvalue weighted by molar-refractivity contribution is 7.99. The Balaban J connectivity index is 1.76. The van der Waals surface area contributed by atoms with E-state index in [2.05, 4.69) is 4.98 Å². The molecule has 24 heavy (non-hydrogen) atoms. The highest BCUT2D eigenvalue weighted by atomic mass is 32.2. The predicted molar refractivity (Wildman–Crippen MR) is 94.1 cm³/mol. The average molecular weight is 338 g/mol. The number of aldehydes is 1. The summed E-state index contributed by atoms with van der Waals surface area (Å²) in [5, 5.41) is 0.927. The Labute approximate surface area is 145 Å². The van der Waals surface area contributed by atoms with Gasteiger partial charge in [-0.05, 0) is 24.6 Å². The number of aromatic nitrogens is 2. The van der Waals surface area contributed by atoms with Crippen LogP contribution in [0, 0.1) is 6.92 Å². The highest BCUT2D eigenvalue weighted by Crippen LogP contribution is 2.30. The van der Waals surface area contributed by atoms with Gasteiger partial charge in [-0.25, -0.2) is 4.98 Å². The van der Waals surface area contributed by atoms with Crippen LogP contribution in [-0.4, -0.2) is 15.8 Å². The Morgan fingerprint density at radius 1 is 1.08 bits per heavy atom. The van der Waals surface area contributed by atoms with E-state index in [1.165, 1.54) is 0 Å². The fourth-order valence-electron chi connectivity index (χ4n) is 2.35. The third-order valence-corrected chi connectivity index (χ3v) is 4.73. The summed E-state index contributed by atoms with van der Waals surface area (Å²) in [7, 11) is 0. The minimum atomic E-state index is 0.291. The summed E-state index contributed by atoms with van der Waals surface area (Å²) < 4.78 is 7.61. The maximum Gasteiger partial charge on any atom is 0.185 e. The van der Waals surface area contributed by atoms with Crippen LogP contribution < -0.4 is 0 Å². The van der Waals surface area contributed by atoms with Gasteiger partial charge in [0.25, 0.3) is 0 Å². The van der Waals surface area contributed by atoms with E-state index in [0.29, 0.717) is 19.2 Å². The molecule has 0 aliphatic heterocycles. The van der Waals surface area contributed by atoms with E-state index >= 15 is 0 Å². The predicted octanol–water partition coefficient (Wildman–Crippen LogP) is 4.33. The van der Waals surface area contributed by atoms with Gasteiger partial charge in [0.15, 0.2) is 12.1 Å². The molecule has 0 saturated carbocycles. The first-order valence-corrected chi connectivity index (χ1v) is 8.46. The topological polar surface area (TPSA) is 44.1 Å². The molecule has 0 bridgehead atoms. The van der Waals surface area contributed by atoms with E-state index in [1.54, 1.807) is 11.8 Å². The maximum absolute atomic E-state index is 11.3. The number of hydrogen-bond donors (Lipinski definition) is 0. The van der Waals surface area contributed by atoms with Crippen molar-refractivity contribution in [1.82, 2.24) is 9.55 Å². The molecule has 0 N–H and O–H groups in total. The molecule has 0 fully saturated rings. The van der Waals surface area contributed by atoms with E-state index in [-0.39, 0.29) is 0 Å². The van der Waals surface area contributed by atoms with Crippen LogP contribution >= 0.6 is 11.8 Å². The van der Waals surface area contributed by atoms with Gasteiger partial charge in [0, 0.05) is 4.90 Å². The third kappa shape index (κ3) is 3.93. The van der Waals surface area contributed by atoms with Crippen LogP contribution in [0.2, 0.25) is 0 Å². The normalized spacial score (nSPS) is 10.7. The Bertz CT molecular complexity index is 801. The molecule has 3 aromatic rings. The molecule has 5 heteroatoms. The van der Waals surface area contributed by atoms with Gasteiger partial charge in [-0.2, -0.15) is 0 Å². The Morgan fingerprint density at radius 2 is 1.75 bits per heavy atom. The zero-order chi connectivity index (χ0) is 16.8. The summed E-state index contributed by atoms with van der Waals surface area (Å²) in [6.45, 7) is 2.69. The second kappa shape index (κ2) is 7.95. The van der Waals surface area contributed by atoms with Crippen molar-refractivity contribution < 1.29 is 9.53 Å².